The molecule has 0 aliphatic heterocycles. The van der Waals surface area contributed by atoms with Crippen LogP contribution in [0.3, 0.4) is 0 Å². The van der Waals surface area contributed by atoms with E-state index in [9.17, 15) is 14.7 Å². The smallest absolute Gasteiger partial charge is 0.271 e. The van der Waals surface area contributed by atoms with Crippen molar-refractivity contribution >= 4 is 34.0 Å². The largest absolute Gasteiger partial charge is 0.545 e. The molecule has 7 nitrogen and oxygen atoms in total. The molecule has 0 radical (unpaired) electrons. The summed E-state index contributed by atoms with van der Waals surface area (Å²) in [6, 6.07) is 9.70. The average molecular weight is 406 g/mol. The van der Waals surface area contributed by atoms with E-state index >= 15 is 0 Å². The molecule has 0 saturated carbocycles. The second-order valence-electron chi connectivity index (χ2n) is 4.76. The molecule has 0 spiro atoms. The maximum absolute atomic E-state index is 12.0. The first-order valence-electron chi connectivity index (χ1n) is 7.03. The van der Waals surface area contributed by atoms with Crippen molar-refractivity contribution < 1.29 is 24.2 Å². The van der Waals surface area contributed by atoms with Crippen molar-refractivity contribution in [2.45, 2.75) is 0 Å². The summed E-state index contributed by atoms with van der Waals surface area (Å²) in [4.78, 5) is 23.4. The molecule has 0 aromatic heterocycles. The fourth-order valence-electron chi connectivity index (χ4n) is 2.09. The van der Waals surface area contributed by atoms with Crippen molar-refractivity contribution in [3.63, 3.8) is 0 Å². The van der Waals surface area contributed by atoms with Crippen LogP contribution in [-0.4, -0.2) is 32.3 Å². The monoisotopic (exact) mass is 405 g/mol. The molecular weight excluding hydrogens is 392 g/mol. The summed E-state index contributed by atoms with van der Waals surface area (Å²) in [5, 5.41) is 15.2. The number of carboxylic acids is 1. The van der Waals surface area contributed by atoms with Gasteiger partial charge in [-0.25, -0.2) is 5.43 Å². The third-order valence-corrected chi connectivity index (χ3v) is 3.79. The van der Waals surface area contributed by atoms with Gasteiger partial charge in [0.05, 0.1) is 32.0 Å². The second-order valence-corrected chi connectivity index (χ2v) is 5.67. The maximum Gasteiger partial charge on any atom is 0.271 e. The highest BCUT2D eigenvalue weighted by Crippen LogP contribution is 2.32. The Morgan fingerprint density at radius 2 is 1.80 bits per heavy atom. The quantitative estimate of drug-likeness (QED) is 0.580. The second kappa shape index (κ2) is 8.29. The molecule has 0 saturated heterocycles. The predicted octanol–water partition coefficient (Wildman–Crippen LogP) is 1.59. The van der Waals surface area contributed by atoms with Gasteiger partial charge in [0.2, 0.25) is 0 Å². The van der Waals surface area contributed by atoms with Gasteiger partial charge in [0.25, 0.3) is 5.91 Å². The lowest BCUT2D eigenvalue weighted by Crippen LogP contribution is -2.25. The molecule has 25 heavy (non-hydrogen) atoms. The number of aromatic carboxylic acids is 1. The Balaban J connectivity index is 2.24. The van der Waals surface area contributed by atoms with E-state index in [2.05, 4.69) is 26.5 Å². The minimum atomic E-state index is -1.45. The molecule has 0 bridgehead atoms. The van der Waals surface area contributed by atoms with Gasteiger partial charge < -0.3 is 19.4 Å². The molecule has 0 aliphatic carbocycles. The van der Waals surface area contributed by atoms with E-state index in [1.54, 1.807) is 24.3 Å². The summed E-state index contributed by atoms with van der Waals surface area (Å²) in [6.45, 7) is 0. The lowest BCUT2D eigenvalue weighted by atomic mass is 10.1. The highest BCUT2D eigenvalue weighted by Gasteiger charge is 2.15. The van der Waals surface area contributed by atoms with Crippen LogP contribution in [0.1, 0.15) is 26.3 Å². The van der Waals surface area contributed by atoms with E-state index in [-0.39, 0.29) is 22.6 Å². The number of methoxy groups -OCH3 is 2. The summed E-state index contributed by atoms with van der Waals surface area (Å²) < 4.78 is 11.0. The number of benzene rings is 2. The summed E-state index contributed by atoms with van der Waals surface area (Å²) in [7, 11) is 2.71. The van der Waals surface area contributed by atoms with Gasteiger partial charge in [-0.05, 0) is 36.4 Å². The molecule has 0 unspecified atom stereocenters. The Hall–Kier alpha value is -2.87. The van der Waals surface area contributed by atoms with Crippen LogP contribution in [0.5, 0.6) is 11.5 Å². The first kappa shape index (κ1) is 18.5. The molecule has 2 rings (SSSR count). The number of carbonyl (C=O) groups is 2. The summed E-state index contributed by atoms with van der Waals surface area (Å²) in [6.07, 6.45) is 1.20. The molecule has 2 aromatic rings. The number of hydrogen-bond acceptors (Lipinski definition) is 6. The Labute approximate surface area is 152 Å². The number of nitrogens with one attached hydrogen (secondary N) is 1. The molecule has 2 aromatic carbocycles. The number of carbonyl (C=O) groups excluding carboxylic acids is 2. The molecule has 0 heterocycles. The van der Waals surface area contributed by atoms with Gasteiger partial charge in [-0.1, -0.05) is 15.9 Å². The van der Waals surface area contributed by atoms with Crippen molar-refractivity contribution in [1.29, 1.82) is 0 Å². The first-order chi connectivity index (χ1) is 12.0. The first-order valence-corrected chi connectivity index (χ1v) is 7.82. The predicted molar refractivity (Wildman–Crippen MR) is 93.1 cm³/mol. The molecule has 130 valence electrons. The van der Waals surface area contributed by atoms with Crippen LogP contribution in [-0.2, 0) is 0 Å². The van der Waals surface area contributed by atoms with Gasteiger partial charge in [-0.15, -0.1) is 0 Å². The normalized spacial score (nSPS) is 10.5. The van der Waals surface area contributed by atoms with Gasteiger partial charge in [0.15, 0.2) is 11.5 Å². The SMILES string of the molecule is COc1ccc(/C=N\NC(=O)c2ccc(Br)cc2)c(C(=O)[O-])c1OC. The standard InChI is InChI=1S/C17H15BrN2O5/c1-24-13-8-5-11(14(17(22)23)15(13)25-2)9-19-20-16(21)10-3-6-12(18)7-4-10/h3-9H,1-2H3,(H,20,21)(H,22,23)/p-1/b19-9-. The number of amides is 1. The molecule has 1 amide bonds. The van der Waals surface area contributed by atoms with Crippen LogP contribution in [0.4, 0.5) is 0 Å². The van der Waals surface area contributed by atoms with Gasteiger partial charge in [-0.2, -0.15) is 5.10 Å². The number of hydrazone groups is 1. The van der Waals surface area contributed by atoms with Crippen molar-refractivity contribution in [3.05, 3.63) is 57.6 Å². The van der Waals surface area contributed by atoms with Crippen LogP contribution in [0.2, 0.25) is 0 Å². The Kier molecular flexibility index (Phi) is 6.13. The van der Waals surface area contributed by atoms with Crippen LogP contribution in [0, 0.1) is 0 Å². The maximum atomic E-state index is 12.0. The van der Waals surface area contributed by atoms with E-state index in [4.69, 9.17) is 9.47 Å². The number of rotatable bonds is 6. The topological polar surface area (TPSA) is 100 Å². The fourth-order valence-corrected chi connectivity index (χ4v) is 2.35. The van der Waals surface area contributed by atoms with Gasteiger partial charge in [0.1, 0.15) is 0 Å². The lowest BCUT2D eigenvalue weighted by Gasteiger charge is -2.15. The van der Waals surface area contributed by atoms with E-state index in [1.807, 2.05) is 0 Å². The Morgan fingerprint density at radius 1 is 1.12 bits per heavy atom. The number of carboxylic acid groups (broad SMARTS) is 1. The number of ether oxygens (including phenoxy) is 2. The Morgan fingerprint density at radius 3 is 2.36 bits per heavy atom. The highest BCUT2D eigenvalue weighted by molar-refractivity contribution is 9.10. The Bertz CT molecular complexity index is 819. The number of nitrogens with zero attached hydrogens (tertiary/aromatic N) is 1. The van der Waals surface area contributed by atoms with Crippen LogP contribution in [0.15, 0.2) is 46.0 Å². The van der Waals surface area contributed by atoms with E-state index in [1.165, 1.54) is 32.6 Å². The summed E-state index contributed by atoms with van der Waals surface area (Å²) in [5.41, 5.74) is 2.72. The van der Waals surface area contributed by atoms with Crippen molar-refractivity contribution in [2.24, 2.45) is 5.10 Å². The van der Waals surface area contributed by atoms with Crippen molar-refractivity contribution in [3.8, 4) is 11.5 Å². The van der Waals surface area contributed by atoms with Gasteiger partial charge >= 0.3 is 0 Å². The van der Waals surface area contributed by atoms with E-state index < -0.39 is 11.9 Å². The zero-order valence-corrected chi connectivity index (χ0v) is 15.0. The minimum absolute atomic E-state index is 0.0192. The summed E-state index contributed by atoms with van der Waals surface area (Å²) >= 11 is 3.28. The molecular formula is C17H14BrN2O5-. The zero-order valence-electron chi connectivity index (χ0n) is 13.4. The molecule has 1 N–H and O–H groups in total. The third kappa shape index (κ3) is 4.36. The van der Waals surface area contributed by atoms with Crippen molar-refractivity contribution in [2.75, 3.05) is 14.2 Å². The molecule has 0 aliphatic rings. The number of hydrogen-bond donors (Lipinski definition) is 1. The van der Waals surface area contributed by atoms with Crippen LogP contribution < -0.4 is 20.0 Å². The van der Waals surface area contributed by atoms with E-state index in [0.29, 0.717) is 5.56 Å². The van der Waals surface area contributed by atoms with Crippen LogP contribution >= 0.6 is 15.9 Å². The van der Waals surface area contributed by atoms with Crippen LogP contribution in [0.25, 0.3) is 0 Å². The molecule has 0 fully saturated rings. The lowest BCUT2D eigenvalue weighted by molar-refractivity contribution is -0.255. The summed E-state index contributed by atoms with van der Waals surface area (Å²) in [5.74, 6) is -1.61. The highest BCUT2D eigenvalue weighted by atomic mass is 79.9. The van der Waals surface area contributed by atoms with E-state index in [0.717, 1.165) is 4.47 Å². The average Bonchev–Trinajstić information content (AvgIpc) is 2.61. The van der Waals surface area contributed by atoms with Gasteiger partial charge in [-0.3, -0.25) is 4.79 Å². The zero-order chi connectivity index (χ0) is 18.4. The molecule has 8 heteroatoms. The minimum Gasteiger partial charge on any atom is -0.545 e. The third-order valence-electron chi connectivity index (χ3n) is 3.26. The number of halogens is 1. The van der Waals surface area contributed by atoms with Crippen molar-refractivity contribution in [1.82, 2.24) is 5.43 Å². The molecule has 0 atom stereocenters. The van der Waals surface area contributed by atoms with Gasteiger partial charge in [0, 0.05) is 15.6 Å². The fraction of sp³-hybridized carbons (Fsp3) is 0.118.